The number of carbonyl (C=O) groups is 1. The number of benzene rings is 2. The van der Waals surface area contributed by atoms with Crippen LogP contribution >= 0.6 is 0 Å². The lowest BCUT2D eigenvalue weighted by atomic mass is 9.91. The van der Waals surface area contributed by atoms with Crippen molar-refractivity contribution >= 4 is 16.8 Å². The summed E-state index contributed by atoms with van der Waals surface area (Å²) in [5, 5.41) is 1.17. The molecule has 1 amide bonds. The number of fused-ring (bicyclic) bond motifs is 2. The molecule has 0 N–H and O–H groups in total. The number of hydrogen-bond acceptors (Lipinski definition) is 7. The Morgan fingerprint density at radius 2 is 1.84 bits per heavy atom. The Balaban J connectivity index is 1.15. The van der Waals surface area contributed by atoms with Gasteiger partial charge < -0.3 is 24.0 Å². The van der Waals surface area contributed by atoms with Crippen molar-refractivity contribution in [3.63, 3.8) is 0 Å². The molecule has 2 aliphatic rings. The quantitative estimate of drug-likeness (QED) is 0.395. The lowest BCUT2D eigenvalue weighted by molar-refractivity contribution is 0.0770. The highest BCUT2D eigenvalue weighted by atomic mass is 16.5. The first kappa shape index (κ1) is 25.2. The van der Waals surface area contributed by atoms with Crippen LogP contribution in [-0.4, -0.2) is 72.7 Å². The van der Waals surface area contributed by atoms with Crippen LogP contribution in [0.25, 0.3) is 10.9 Å². The van der Waals surface area contributed by atoms with E-state index in [-0.39, 0.29) is 5.91 Å². The zero-order valence-corrected chi connectivity index (χ0v) is 21.6. The number of unbranched alkanes of at least 4 members (excludes halogenated alkanes) is 1. The van der Waals surface area contributed by atoms with Crippen LogP contribution in [0.2, 0.25) is 0 Å². The van der Waals surface area contributed by atoms with Crippen molar-refractivity contribution in [2.24, 2.45) is 0 Å². The second kappa shape index (κ2) is 11.7. The highest BCUT2D eigenvalue weighted by Crippen LogP contribution is 2.32. The Bertz CT molecular complexity index is 1260. The minimum absolute atomic E-state index is 0.0902. The maximum atomic E-state index is 13.4. The fraction of sp³-hybridized carbons (Fsp3) is 0.414. The lowest BCUT2D eigenvalue weighted by Crippen LogP contribution is -2.35. The van der Waals surface area contributed by atoms with Gasteiger partial charge in [-0.1, -0.05) is 18.2 Å². The van der Waals surface area contributed by atoms with E-state index < -0.39 is 0 Å². The Morgan fingerprint density at radius 3 is 2.65 bits per heavy atom. The second-order valence-electron chi connectivity index (χ2n) is 9.58. The van der Waals surface area contributed by atoms with Gasteiger partial charge in [-0.2, -0.15) is 0 Å². The molecule has 8 heteroatoms. The van der Waals surface area contributed by atoms with Crippen molar-refractivity contribution in [2.75, 3.05) is 47.0 Å². The fourth-order valence-corrected chi connectivity index (χ4v) is 5.27. The van der Waals surface area contributed by atoms with Crippen LogP contribution in [0, 0.1) is 0 Å². The molecule has 2 aromatic carbocycles. The summed E-state index contributed by atoms with van der Waals surface area (Å²) >= 11 is 0. The number of aromatic nitrogens is 2. The summed E-state index contributed by atoms with van der Waals surface area (Å²) in [5.41, 5.74) is 3.43. The fourth-order valence-electron chi connectivity index (χ4n) is 5.27. The summed E-state index contributed by atoms with van der Waals surface area (Å²) in [4.78, 5) is 26.8. The number of nitrogens with zero attached hydrogens (tertiary/aromatic N) is 4. The van der Waals surface area contributed by atoms with E-state index in [1.54, 1.807) is 49.9 Å². The molecular formula is C29H34N4O4. The van der Waals surface area contributed by atoms with Crippen molar-refractivity contribution in [3.05, 3.63) is 72.0 Å². The molecule has 0 bridgehead atoms. The maximum Gasteiger partial charge on any atom is 0.262 e. The first-order chi connectivity index (χ1) is 18.2. The second-order valence-corrected chi connectivity index (χ2v) is 9.58. The molecule has 0 radical (unpaired) electrons. The Labute approximate surface area is 217 Å². The van der Waals surface area contributed by atoms with Gasteiger partial charge in [0.1, 0.15) is 24.1 Å². The molecule has 3 aromatic rings. The molecule has 1 fully saturated rings. The van der Waals surface area contributed by atoms with Crippen LogP contribution in [0.1, 0.15) is 47.7 Å². The van der Waals surface area contributed by atoms with Gasteiger partial charge in [0.05, 0.1) is 36.2 Å². The van der Waals surface area contributed by atoms with Gasteiger partial charge in [-0.25, -0.2) is 9.97 Å². The van der Waals surface area contributed by atoms with Gasteiger partial charge in [0.2, 0.25) is 0 Å². The van der Waals surface area contributed by atoms with Crippen molar-refractivity contribution < 1.29 is 19.0 Å². The summed E-state index contributed by atoms with van der Waals surface area (Å²) < 4.78 is 16.5. The first-order valence-corrected chi connectivity index (χ1v) is 12.9. The van der Waals surface area contributed by atoms with Gasteiger partial charge in [0.15, 0.2) is 0 Å². The van der Waals surface area contributed by atoms with Crippen molar-refractivity contribution in [2.45, 2.75) is 31.6 Å². The highest BCUT2D eigenvalue weighted by Gasteiger charge is 2.27. The zero-order valence-electron chi connectivity index (χ0n) is 21.6. The lowest BCUT2D eigenvalue weighted by Gasteiger charge is -2.32. The van der Waals surface area contributed by atoms with Crippen LogP contribution in [0.15, 0.2) is 60.8 Å². The number of hydrogen-bond donors (Lipinski definition) is 0. The number of methoxy groups -OCH3 is 2. The third kappa shape index (κ3) is 5.60. The average molecular weight is 503 g/mol. The van der Waals surface area contributed by atoms with E-state index >= 15 is 0 Å². The van der Waals surface area contributed by atoms with Crippen LogP contribution in [0.3, 0.4) is 0 Å². The molecule has 0 saturated carbocycles. The molecule has 3 heterocycles. The Morgan fingerprint density at radius 1 is 1.03 bits per heavy atom. The minimum atomic E-state index is -0.0902. The number of amides is 1. The SMILES string of the molecule is COCC1=COc2ccc(OC)cc2C(=O)N1CCCCN1CCC(c2ncnc3ccccc23)CC1. The largest absolute Gasteiger partial charge is 0.497 e. The number of likely N-dealkylation sites (tertiary alicyclic amines) is 1. The number of para-hydroxylation sites is 1. The number of rotatable bonds is 9. The van der Waals surface area contributed by atoms with E-state index in [2.05, 4.69) is 33.1 Å². The molecular weight excluding hydrogens is 468 g/mol. The third-order valence-electron chi connectivity index (χ3n) is 7.28. The van der Waals surface area contributed by atoms with Gasteiger partial charge in [0.25, 0.3) is 5.91 Å². The average Bonchev–Trinajstić information content (AvgIpc) is 3.07. The van der Waals surface area contributed by atoms with Gasteiger partial charge in [0, 0.05) is 25.0 Å². The van der Waals surface area contributed by atoms with E-state index in [9.17, 15) is 4.79 Å². The monoisotopic (exact) mass is 502 g/mol. The van der Waals surface area contributed by atoms with Gasteiger partial charge in [-0.3, -0.25) is 4.79 Å². The predicted octanol–water partition coefficient (Wildman–Crippen LogP) is 4.62. The molecule has 0 atom stereocenters. The summed E-state index contributed by atoms with van der Waals surface area (Å²) in [6.07, 6.45) is 7.42. The first-order valence-electron chi connectivity index (χ1n) is 12.9. The molecule has 194 valence electrons. The molecule has 37 heavy (non-hydrogen) atoms. The molecule has 2 aliphatic heterocycles. The summed E-state index contributed by atoms with van der Waals surface area (Å²) in [5.74, 6) is 1.54. The van der Waals surface area contributed by atoms with Crippen LogP contribution in [-0.2, 0) is 4.74 Å². The van der Waals surface area contributed by atoms with Crippen molar-refractivity contribution in [1.29, 1.82) is 0 Å². The number of piperidine rings is 1. The molecule has 0 aliphatic carbocycles. The Hall–Kier alpha value is -3.49. The molecule has 5 rings (SSSR count). The standard InChI is InChI=1S/C29H34N4O4/c1-35-18-22-19-37-27-10-9-23(36-2)17-25(27)29(34)33(22)14-6-5-13-32-15-11-21(12-16-32)28-24-7-3-4-8-26(24)30-20-31-28/h3-4,7-10,17,19-21H,5-6,11-16,18H2,1-2H3. The molecule has 0 unspecified atom stereocenters. The smallest absolute Gasteiger partial charge is 0.262 e. The van der Waals surface area contributed by atoms with E-state index in [1.165, 1.54) is 11.1 Å². The van der Waals surface area contributed by atoms with Crippen molar-refractivity contribution in [3.8, 4) is 11.5 Å². The predicted molar refractivity (Wildman–Crippen MR) is 142 cm³/mol. The van der Waals surface area contributed by atoms with E-state index in [0.29, 0.717) is 36.1 Å². The molecule has 8 nitrogen and oxygen atoms in total. The van der Waals surface area contributed by atoms with Crippen LogP contribution in [0.4, 0.5) is 0 Å². The normalized spacial score (nSPS) is 16.8. The van der Waals surface area contributed by atoms with Crippen molar-refractivity contribution in [1.82, 2.24) is 19.8 Å². The molecule has 0 spiro atoms. The summed E-state index contributed by atoms with van der Waals surface area (Å²) in [6.45, 7) is 4.05. The Kier molecular flexibility index (Phi) is 7.96. The van der Waals surface area contributed by atoms with Gasteiger partial charge in [-0.05, 0) is 69.6 Å². The minimum Gasteiger partial charge on any atom is -0.497 e. The van der Waals surface area contributed by atoms with Crippen LogP contribution < -0.4 is 9.47 Å². The number of carbonyl (C=O) groups excluding carboxylic acids is 1. The zero-order chi connectivity index (χ0) is 25.6. The third-order valence-corrected chi connectivity index (χ3v) is 7.28. The van der Waals surface area contributed by atoms with E-state index in [4.69, 9.17) is 14.2 Å². The highest BCUT2D eigenvalue weighted by molar-refractivity contribution is 5.98. The van der Waals surface area contributed by atoms with Gasteiger partial charge in [-0.15, -0.1) is 0 Å². The van der Waals surface area contributed by atoms with E-state index in [0.717, 1.165) is 56.5 Å². The molecule has 1 aromatic heterocycles. The maximum absolute atomic E-state index is 13.4. The topological polar surface area (TPSA) is 77.0 Å². The van der Waals surface area contributed by atoms with Gasteiger partial charge >= 0.3 is 0 Å². The summed E-state index contributed by atoms with van der Waals surface area (Å²) in [7, 11) is 3.22. The molecule has 1 saturated heterocycles. The van der Waals surface area contributed by atoms with Crippen LogP contribution in [0.5, 0.6) is 11.5 Å². The number of ether oxygens (including phenoxy) is 3. The van der Waals surface area contributed by atoms with E-state index in [1.807, 2.05) is 6.07 Å². The summed E-state index contributed by atoms with van der Waals surface area (Å²) in [6, 6.07) is 13.6.